The molecule has 3 heteroatoms. The molecule has 0 bridgehead atoms. The van der Waals surface area contributed by atoms with E-state index in [1.165, 1.54) is 24.7 Å². The molecule has 2 heterocycles. The van der Waals surface area contributed by atoms with Gasteiger partial charge >= 0.3 is 0 Å². The van der Waals surface area contributed by atoms with E-state index < -0.39 is 0 Å². The molecule has 0 aromatic carbocycles. The maximum absolute atomic E-state index is 3.50. The highest BCUT2D eigenvalue weighted by Crippen LogP contribution is 2.22. The van der Waals surface area contributed by atoms with Gasteiger partial charge in [-0.2, -0.15) is 0 Å². The molecule has 0 radical (unpaired) electrons. The number of nitrogens with zero attached hydrogens (tertiary/aromatic N) is 1. The van der Waals surface area contributed by atoms with E-state index in [9.17, 15) is 0 Å². The van der Waals surface area contributed by atoms with Crippen molar-refractivity contribution in [1.29, 1.82) is 0 Å². The molecule has 0 aliphatic carbocycles. The van der Waals surface area contributed by atoms with E-state index in [1.54, 1.807) is 0 Å². The van der Waals surface area contributed by atoms with Crippen LogP contribution >= 0.6 is 11.8 Å². The van der Waals surface area contributed by atoms with Gasteiger partial charge in [-0.25, -0.2) is 0 Å². The number of nitrogens with one attached hydrogen (secondary N) is 1. The smallest absolute Gasteiger partial charge is 0.0449 e. The summed E-state index contributed by atoms with van der Waals surface area (Å²) in [6.07, 6.45) is 0. The van der Waals surface area contributed by atoms with Crippen molar-refractivity contribution in [3.63, 3.8) is 0 Å². The standard InChI is InChI=1S/C7H14N2S/c1-6-3-9-5-10-4-7(9)2-8-6/h6-8H,2-5H2,1H3/t6-,7+/m0/s1. The Kier molecular flexibility index (Phi) is 1.89. The van der Waals surface area contributed by atoms with Crippen LogP contribution in [0, 0.1) is 0 Å². The molecule has 2 fully saturated rings. The number of hydrogen-bond acceptors (Lipinski definition) is 3. The zero-order valence-corrected chi connectivity index (χ0v) is 7.16. The number of rotatable bonds is 0. The SMILES string of the molecule is C[C@H]1CN2CSC[C@H]2CN1. The van der Waals surface area contributed by atoms with Gasteiger partial charge in [0.2, 0.25) is 0 Å². The van der Waals surface area contributed by atoms with E-state index in [2.05, 4.69) is 28.9 Å². The minimum absolute atomic E-state index is 0.704. The Morgan fingerprint density at radius 2 is 2.50 bits per heavy atom. The fourth-order valence-electron chi connectivity index (χ4n) is 1.66. The molecular weight excluding hydrogens is 144 g/mol. The minimum Gasteiger partial charge on any atom is -0.311 e. The predicted molar refractivity (Wildman–Crippen MR) is 45.3 cm³/mol. The van der Waals surface area contributed by atoms with Gasteiger partial charge < -0.3 is 5.32 Å². The lowest BCUT2D eigenvalue weighted by Crippen LogP contribution is -2.53. The second kappa shape index (κ2) is 2.72. The predicted octanol–water partition coefficient (Wildman–Crippen LogP) is 0.353. The van der Waals surface area contributed by atoms with Crippen LogP contribution in [0.4, 0.5) is 0 Å². The lowest BCUT2D eigenvalue weighted by Gasteiger charge is -2.33. The van der Waals surface area contributed by atoms with Crippen LogP contribution in [0.2, 0.25) is 0 Å². The number of piperazine rings is 1. The van der Waals surface area contributed by atoms with Crippen molar-refractivity contribution in [2.45, 2.75) is 19.0 Å². The average Bonchev–Trinajstić information content (AvgIpc) is 2.33. The quantitative estimate of drug-likeness (QED) is 0.548. The summed E-state index contributed by atoms with van der Waals surface area (Å²) < 4.78 is 0. The molecule has 0 aromatic heterocycles. The molecule has 2 nitrogen and oxygen atoms in total. The van der Waals surface area contributed by atoms with Crippen molar-refractivity contribution >= 4 is 11.8 Å². The molecule has 2 rings (SSSR count). The fourth-order valence-corrected chi connectivity index (χ4v) is 2.92. The molecule has 0 amide bonds. The Morgan fingerprint density at radius 3 is 3.40 bits per heavy atom. The molecule has 0 spiro atoms. The Hall–Kier alpha value is 0.270. The number of hydrogen-bond donors (Lipinski definition) is 1. The van der Waals surface area contributed by atoms with Crippen LogP contribution in [0.1, 0.15) is 6.92 Å². The van der Waals surface area contributed by atoms with Gasteiger partial charge in [0.25, 0.3) is 0 Å². The molecule has 10 heavy (non-hydrogen) atoms. The summed E-state index contributed by atoms with van der Waals surface area (Å²) in [5.41, 5.74) is 0. The summed E-state index contributed by atoms with van der Waals surface area (Å²) in [7, 11) is 0. The summed E-state index contributed by atoms with van der Waals surface area (Å²) in [6.45, 7) is 4.71. The Morgan fingerprint density at radius 1 is 1.60 bits per heavy atom. The van der Waals surface area contributed by atoms with Crippen LogP contribution in [-0.4, -0.2) is 41.7 Å². The number of thioether (sulfide) groups is 1. The molecule has 58 valence electrons. The molecule has 2 aliphatic rings. The van der Waals surface area contributed by atoms with Crippen LogP contribution in [0.25, 0.3) is 0 Å². The summed E-state index contributed by atoms with van der Waals surface area (Å²) in [6, 6.07) is 1.54. The normalized spacial score (nSPS) is 41.7. The maximum Gasteiger partial charge on any atom is 0.0449 e. The van der Waals surface area contributed by atoms with Gasteiger partial charge in [-0.1, -0.05) is 0 Å². The lowest BCUT2D eigenvalue weighted by atomic mass is 10.2. The van der Waals surface area contributed by atoms with E-state index in [1.807, 2.05) is 0 Å². The van der Waals surface area contributed by atoms with E-state index in [0.29, 0.717) is 6.04 Å². The fraction of sp³-hybridized carbons (Fsp3) is 1.00. The first-order valence-electron chi connectivity index (χ1n) is 3.91. The van der Waals surface area contributed by atoms with E-state index in [4.69, 9.17) is 0 Å². The third-order valence-electron chi connectivity index (χ3n) is 2.29. The van der Waals surface area contributed by atoms with Gasteiger partial charge in [0.1, 0.15) is 0 Å². The van der Waals surface area contributed by atoms with Gasteiger partial charge in [-0.15, -0.1) is 11.8 Å². The van der Waals surface area contributed by atoms with Crippen molar-refractivity contribution in [2.75, 3.05) is 24.7 Å². The third-order valence-corrected chi connectivity index (χ3v) is 3.43. The Labute approximate surface area is 66.4 Å². The van der Waals surface area contributed by atoms with Crippen LogP contribution in [0.3, 0.4) is 0 Å². The highest BCUT2D eigenvalue weighted by atomic mass is 32.2. The molecule has 0 aromatic rings. The van der Waals surface area contributed by atoms with Gasteiger partial charge in [-0.3, -0.25) is 4.90 Å². The van der Waals surface area contributed by atoms with Gasteiger partial charge in [0.05, 0.1) is 0 Å². The molecule has 0 saturated carbocycles. The summed E-state index contributed by atoms with van der Waals surface area (Å²) in [5.74, 6) is 2.59. The second-order valence-electron chi connectivity index (χ2n) is 3.23. The first-order valence-corrected chi connectivity index (χ1v) is 5.07. The first-order chi connectivity index (χ1) is 4.86. The first kappa shape index (κ1) is 6.95. The zero-order valence-electron chi connectivity index (χ0n) is 6.34. The molecule has 2 saturated heterocycles. The topological polar surface area (TPSA) is 15.3 Å². The highest BCUT2D eigenvalue weighted by Gasteiger charge is 2.29. The van der Waals surface area contributed by atoms with Crippen LogP contribution in [0.15, 0.2) is 0 Å². The highest BCUT2D eigenvalue weighted by molar-refractivity contribution is 7.99. The molecule has 2 aliphatic heterocycles. The monoisotopic (exact) mass is 158 g/mol. The van der Waals surface area contributed by atoms with Crippen molar-refractivity contribution in [3.8, 4) is 0 Å². The zero-order chi connectivity index (χ0) is 6.97. The second-order valence-corrected chi connectivity index (χ2v) is 4.23. The largest absolute Gasteiger partial charge is 0.311 e. The van der Waals surface area contributed by atoms with Crippen molar-refractivity contribution in [1.82, 2.24) is 10.2 Å². The molecular formula is C7H14N2S. The van der Waals surface area contributed by atoms with Gasteiger partial charge in [0, 0.05) is 36.8 Å². The summed E-state index contributed by atoms with van der Waals surface area (Å²) in [4.78, 5) is 2.59. The minimum atomic E-state index is 0.704. The summed E-state index contributed by atoms with van der Waals surface area (Å²) in [5, 5.41) is 3.50. The van der Waals surface area contributed by atoms with Gasteiger partial charge in [-0.05, 0) is 6.92 Å². The van der Waals surface area contributed by atoms with E-state index >= 15 is 0 Å². The van der Waals surface area contributed by atoms with E-state index in [0.717, 1.165) is 6.04 Å². The van der Waals surface area contributed by atoms with Crippen LogP contribution in [0.5, 0.6) is 0 Å². The average molecular weight is 158 g/mol. The molecule has 2 atom stereocenters. The van der Waals surface area contributed by atoms with Crippen LogP contribution in [-0.2, 0) is 0 Å². The Bertz CT molecular complexity index is 129. The molecule has 0 unspecified atom stereocenters. The molecule has 1 N–H and O–H groups in total. The van der Waals surface area contributed by atoms with Crippen LogP contribution < -0.4 is 5.32 Å². The summed E-state index contributed by atoms with van der Waals surface area (Å²) >= 11 is 2.07. The lowest BCUT2D eigenvalue weighted by molar-refractivity contribution is 0.188. The number of fused-ring (bicyclic) bond motifs is 1. The van der Waals surface area contributed by atoms with E-state index in [-0.39, 0.29) is 0 Å². The Balaban J connectivity index is 1.96. The maximum atomic E-state index is 3.50. The van der Waals surface area contributed by atoms with Crippen molar-refractivity contribution in [2.24, 2.45) is 0 Å². The van der Waals surface area contributed by atoms with Gasteiger partial charge in [0.15, 0.2) is 0 Å². The van der Waals surface area contributed by atoms with Crippen molar-refractivity contribution in [3.05, 3.63) is 0 Å². The third kappa shape index (κ3) is 1.18. The van der Waals surface area contributed by atoms with Crippen molar-refractivity contribution < 1.29 is 0 Å².